The Bertz CT molecular complexity index is 871. The Kier molecular flexibility index (Phi) is 3.83. The summed E-state index contributed by atoms with van der Waals surface area (Å²) in [7, 11) is 0. The van der Waals surface area contributed by atoms with Crippen molar-refractivity contribution in [3.63, 3.8) is 0 Å². The van der Waals surface area contributed by atoms with Crippen LogP contribution in [0.15, 0.2) is 55.1 Å². The highest BCUT2D eigenvalue weighted by atomic mass is 16.1. The molecule has 3 aromatic rings. The predicted molar refractivity (Wildman–Crippen MR) is 92.0 cm³/mol. The third kappa shape index (κ3) is 2.93. The minimum Gasteiger partial charge on any atom is -0.322 e. The number of rotatable bonds is 4. The molecule has 1 heterocycles. The largest absolute Gasteiger partial charge is 0.322 e. The Labute approximate surface area is 140 Å². The molecule has 0 fully saturated rings. The number of para-hydroxylation sites is 1. The van der Waals surface area contributed by atoms with Crippen LogP contribution in [0.2, 0.25) is 0 Å². The van der Waals surface area contributed by atoms with Crippen LogP contribution in [0.3, 0.4) is 0 Å². The first-order valence-corrected chi connectivity index (χ1v) is 8.13. The number of benzene rings is 2. The van der Waals surface area contributed by atoms with Crippen molar-refractivity contribution in [1.29, 1.82) is 0 Å². The first-order valence-electron chi connectivity index (χ1n) is 8.13. The number of nitrogens with zero attached hydrogens (tertiary/aromatic N) is 3. The second-order valence-electron chi connectivity index (χ2n) is 6.04. The van der Waals surface area contributed by atoms with Crippen LogP contribution in [0.25, 0.3) is 0 Å². The van der Waals surface area contributed by atoms with Gasteiger partial charge >= 0.3 is 0 Å². The van der Waals surface area contributed by atoms with Crippen LogP contribution in [-0.4, -0.2) is 20.7 Å². The number of nitrogens with one attached hydrogen (secondary N) is 1. The van der Waals surface area contributed by atoms with E-state index in [1.165, 1.54) is 23.9 Å². The second kappa shape index (κ2) is 6.28. The van der Waals surface area contributed by atoms with E-state index >= 15 is 0 Å². The summed E-state index contributed by atoms with van der Waals surface area (Å²) in [6, 6.07) is 13.8. The lowest BCUT2D eigenvalue weighted by molar-refractivity contribution is 0.102. The zero-order chi connectivity index (χ0) is 16.4. The van der Waals surface area contributed by atoms with Crippen molar-refractivity contribution in [2.45, 2.75) is 25.8 Å². The molecule has 0 aliphatic heterocycles. The van der Waals surface area contributed by atoms with Crippen LogP contribution in [0.1, 0.15) is 33.5 Å². The van der Waals surface area contributed by atoms with Gasteiger partial charge in [0.1, 0.15) is 12.7 Å². The maximum absolute atomic E-state index is 12.6. The number of carbonyl (C=O) groups is 1. The Morgan fingerprint density at radius 2 is 2.00 bits per heavy atom. The van der Waals surface area contributed by atoms with E-state index in [9.17, 15) is 4.79 Å². The molecule has 0 saturated heterocycles. The fourth-order valence-electron chi connectivity index (χ4n) is 3.18. The SMILES string of the molecule is O=C(Nc1ccccc1Cn1cncn1)c1ccc2c(c1)CCC2. The molecule has 1 aromatic heterocycles. The summed E-state index contributed by atoms with van der Waals surface area (Å²) in [5.41, 5.74) is 5.19. The fraction of sp³-hybridized carbons (Fsp3) is 0.211. The van der Waals surface area contributed by atoms with E-state index in [0.717, 1.165) is 24.1 Å². The molecule has 120 valence electrons. The van der Waals surface area contributed by atoms with Gasteiger partial charge in [-0.1, -0.05) is 24.3 Å². The molecule has 1 amide bonds. The minimum absolute atomic E-state index is 0.0734. The van der Waals surface area contributed by atoms with Crippen molar-refractivity contribution < 1.29 is 4.79 Å². The third-order valence-corrected chi connectivity index (χ3v) is 4.43. The van der Waals surface area contributed by atoms with E-state index in [0.29, 0.717) is 12.1 Å². The zero-order valence-corrected chi connectivity index (χ0v) is 13.3. The average molecular weight is 318 g/mol. The molecule has 0 saturated carbocycles. The van der Waals surface area contributed by atoms with Gasteiger partial charge < -0.3 is 5.32 Å². The summed E-state index contributed by atoms with van der Waals surface area (Å²) >= 11 is 0. The van der Waals surface area contributed by atoms with Crippen LogP contribution in [0, 0.1) is 0 Å². The van der Waals surface area contributed by atoms with Crippen molar-refractivity contribution in [2.24, 2.45) is 0 Å². The average Bonchev–Trinajstić information content (AvgIpc) is 3.27. The third-order valence-electron chi connectivity index (χ3n) is 4.43. The summed E-state index contributed by atoms with van der Waals surface area (Å²) in [6.07, 6.45) is 6.54. The van der Waals surface area contributed by atoms with E-state index in [-0.39, 0.29) is 5.91 Å². The molecule has 1 aliphatic rings. The van der Waals surface area contributed by atoms with E-state index in [1.807, 2.05) is 36.4 Å². The first kappa shape index (κ1) is 14.6. The lowest BCUT2D eigenvalue weighted by atomic mass is 10.1. The topological polar surface area (TPSA) is 59.8 Å². The number of amides is 1. The molecule has 4 rings (SSSR count). The maximum Gasteiger partial charge on any atom is 0.255 e. The van der Waals surface area contributed by atoms with Crippen molar-refractivity contribution in [2.75, 3.05) is 5.32 Å². The van der Waals surface area contributed by atoms with E-state index in [2.05, 4.69) is 21.5 Å². The molecule has 1 N–H and O–H groups in total. The Hall–Kier alpha value is -2.95. The summed E-state index contributed by atoms with van der Waals surface area (Å²) < 4.78 is 1.74. The van der Waals surface area contributed by atoms with E-state index in [1.54, 1.807) is 11.0 Å². The molecule has 0 unspecified atom stereocenters. The van der Waals surface area contributed by atoms with Crippen molar-refractivity contribution in [3.05, 3.63) is 77.4 Å². The second-order valence-corrected chi connectivity index (χ2v) is 6.04. The van der Waals surface area contributed by atoms with Gasteiger partial charge in [-0.15, -0.1) is 0 Å². The fourth-order valence-corrected chi connectivity index (χ4v) is 3.18. The van der Waals surface area contributed by atoms with Gasteiger partial charge in [0.05, 0.1) is 6.54 Å². The standard InChI is InChI=1S/C19H18N4O/c24-19(16-9-8-14-5-3-6-15(14)10-16)22-18-7-2-1-4-17(18)11-23-13-20-12-21-23/h1-2,4,7-10,12-13H,3,5-6,11H2,(H,22,24). The number of carbonyl (C=O) groups excluding carboxylic acids is 1. The van der Waals surface area contributed by atoms with Crippen LogP contribution >= 0.6 is 0 Å². The van der Waals surface area contributed by atoms with Gasteiger partial charge in [-0.3, -0.25) is 4.79 Å². The van der Waals surface area contributed by atoms with E-state index < -0.39 is 0 Å². The van der Waals surface area contributed by atoms with Crippen molar-refractivity contribution in [3.8, 4) is 0 Å². The number of hydrogen-bond acceptors (Lipinski definition) is 3. The molecular weight excluding hydrogens is 300 g/mol. The lowest BCUT2D eigenvalue weighted by Crippen LogP contribution is -2.14. The normalized spacial score (nSPS) is 12.8. The Morgan fingerprint density at radius 1 is 1.12 bits per heavy atom. The minimum atomic E-state index is -0.0734. The smallest absolute Gasteiger partial charge is 0.255 e. The highest BCUT2D eigenvalue weighted by Gasteiger charge is 2.15. The molecular formula is C19H18N4O. The molecule has 5 heteroatoms. The van der Waals surface area contributed by atoms with Gasteiger partial charge in [0.25, 0.3) is 5.91 Å². The van der Waals surface area contributed by atoms with Gasteiger partial charge in [0.2, 0.25) is 0 Å². The summed E-state index contributed by atoms with van der Waals surface area (Å²) in [4.78, 5) is 16.6. The number of anilines is 1. The summed E-state index contributed by atoms with van der Waals surface area (Å²) in [5.74, 6) is -0.0734. The monoisotopic (exact) mass is 318 g/mol. The number of hydrogen-bond donors (Lipinski definition) is 1. The Morgan fingerprint density at radius 3 is 2.88 bits per heavy atom. The molecule has 0 spiro atoms. The quantitative estimate of drug-likeness (QED) is 0.804. The van der Waals surface area contributed by atoms with Gasteiger partial charge in [-0.2, -0.15) is 5.10 Å². The van der Waals surface area contributed by atoms with Crippen molar-refractivity contribution >= 4 is 11.6 Å². The highest BCUT2D eigenvalue weighted by molar-refractivity contribution is 6.04. The Balaban J connectivity index is 1.55. The number of aromatic nitrogens is 3. The molecule has 5 nitrogen and oxygen atoms in total. The maximum atomic E-state index is 12.6. The van der Waals surface area contributed by atoms with Gasteiger partial charge in [0, 0.05) is 11.3 Å². The zero-order valence-electron chi connectivity index (χ0n) is 13.3. The first-order chi connectivity index (χ1) is 11.8. The van der Waals surface area contributed by atoms with E-state index in [4.69, 9.17) is 0 Å². The molecule has 24 heavy (non-hydrogen) atoms. The van der Waals surface area contributed by atoms with Crippen LogP contribution in [0.4, 0.5) is 5.69 Å². The molecule has 0 bridgehead atoms. The summed E-state index contributed by atoms with van der Waals surface area (Å²) in [5, 5.41) is 7.15. The van der Waals surface area contributed by atoms with Crippen LogP contribution < -0.4 is 5.32 Å². The molecule has 0 radical (unpaired) electrons. The number of fused-ring (bicyclic) bond motifs is 1. The van der Waals surface area contributed by atoms with Crippen molar-refractivity contribution in [1.82, 2.24) is 14.8 Å². The molecule has 0 atom stereocenters. The summed E-state index contributed by atoms with van der Waals surface area (Å²) in [6.45, 7) is 0.570. The molecule has 1 aliphatic carbocycles. The van der Waals surface area contributed by atoms with Crippen LogP contribution in [0.5, 0.6) is 0 Å². The van der Waals surface area contributed by atoms with Gasteiger partial charge in [-0.05, 0) is 54.2 Å². The lowest BCUT2D eigenvalue weighted by Gasteiger charge is -2.12. The van der Waals surface area contributed by atoms with Crippen LogP contribution in [-0.2, 0) is 19.4 Å². The number of aryl methyl sites for hydroxylation is 2. The highest BCUT2D eigenvalue weighted by Crippen LogP contribution is 2.24. The van der Waals surface area contributed by atoms with Gasteiger partial charge in [-0.25, -0.2) is 9.67 Å². The molecule has 2 aromatic carbocycles. The van der Waals surface area contributed by atoms with Gasteiger partial charge in [0.15, 0.2) is 0 Å². The predicted octanol–water partition coefficient (Wildman–Crippen LogP) is 3.07.